The third kappa shape index (κ3) is 4.10. The van der Waals surface area contributed by atoms with E-state index in [0.29, 0.717) is 19.5 Å². The number of amides is 1. The highest BCUT2D eigenvalue weighted by Gasteiger charge is 2.03. The number of aliphatic hydroxyl groups excluding tert-OH is 1. The van der Waals surface area contributed by atoms with Crippen LogP contribution in [-0.2, 0) is 11.3 Å². The molecule has 20 heavy (non-hydrogen) atoms. The zero-order valence-electron chi connectivity index (χ0n) is 11.7. The number of aryl methyl sites for hydroxylation is 1. The molecule has 0 radical (unpaired) electrons. The van der Waals surface area contributed by atoms with Gasteiger partial charge in [-0.3, -0.25) is 4.79 Å². The van der Waals surface area contributed by atoms with Gasteiger partial charge in [0.05, 0.1) is 0 Å². The van der Waals surface area contributed by atoms with Crippen LogP contribution < -0.4 is 5.32 Å². The van der Waals surface area contributed by atoms with E-state index in [0.717, 1.165) is 19.3 Å². The highest BCUT2D eigenvalue weighted by Crippen LogP contribution is 2.15. The molecule has 2 rings (SSSR count). The van der Waals surface area contributed by atoms with Crippen molar-refractivity contribution in [1.29, 1.82) is 0 Å². The molecule has 0 atom stereocenters. The summed E-state index contributed by atoms with van der Waals surface area (Å²) < 4.78 is 2.11. The quantitative estimate of drug-likeness (QED) is 0.726. The highest BCUT2D eigenvalue weighted by atomic mass is 16.2. The minimum Gasteiger partial charge on any atom is -0.396 e. The number of rotatable bonds is 8. The lowest BCUT2D eigenvalue weighted by Gasteiger charge is -2.07. The molecule has 1 aromatic carbocycles. The van der Waals surface area contributed by atoms with Gasteiger partial charge in [0.2, 0.25) is 5.91 Å². The zero-order valence-corrected chi connectivity index (χ0v) is 11.7. The summed E-state index contributed by atoms with van der Waals surface area (Å²) in [5.74, 6) is 0.0896. The van der Waals surface area contributed by atoms with Crippen LogP contribution in [0, 0.1) is 0 Å². The van der Waals surface area contributed by atoms with Crippen molar-refractivity contribution in [2.24, 2.45) is 0 Å². The molecule has 0 spiro atoms. The van der Waals surface area contributed by atoms with E-state index in [2.05, 4.69) is 28.1 Å². The second-order valence-corrected chi connectivity index (χ2v) is 4.95. The van der Waals surface area contributed by atoms with Crippen LogP contribution >= 0.6 is 0 Å². The SMILES string of the molecule is O=C(CCn1ccc2ccccc21)NCCCCCO. The molecule has 0 bridgehead atoms. The van der Waals surface area contributed by atoms with Crippen molar-refractivity contribution in [3.63, 3.8) is 0 Å². The number of nitrogens with one attached hydrogen (secondary N) is 1. The van der Waals surface area contributed by atoms with Gasteiger partial charge in [0, 0.05) is 37.8 Å². The molecule has 0 aliphatic carbocycles. The molecule has 0 aliphatic heterocycles. The predicted molar refractivity (Wildman–Crippen MR) is 80.5 cm³/mol. The van der Waals surface area contributed by atoms with E-state index in [1.54, 1.807) is 0 Å². The lowest BCUT2D eigenvalue weighted by atomic mass is 10.2. The second kappa shape index (κ2) is 7.70. The van der Waals surface area contributed by atoms with Gasteiger partial charge in [-0.2, -0.15) is 0 Å². The molecule has 1 heterocycles. The van der Waals surface area contributed by atoms with E-state index in [1.165, 1.54) is 10.9 Å². The van der Waals surface area contributed by atoms with Crippen molar-refractivity contribution in [3.05, 3.63) is 36.5 Å². The molecule has 2 aromatic rings. The van der Waals surface area contributed by atoms with Crippen molar-refractivity contribution in [2.75, 3.05) is 13.2 Å². The Bertz CT molecular complexity index is 548. The maximum atomic E-state index is 11.7. The summed E-state index contributed by atoms with van der Waals surface area (Å²) in [5, 5.41) is 12.8. The average Bonchev–Trinajstić information content (AvgIpc) is 2.88. The molecule has 0 fully saturated rings. The van der Waals surface area contributed by atoms with Crippen molar-refractivity contribution < 1.29 is 9.90 Å². The molecule has 0 unspecified atom stereocenters. The fraction of sp³-hybridized carbons (Fsp3) is 0.438. The number of benzene rings is 1. The van der Waals surface area contributed by atoms with Gasteiger partial charge >= 0.3 is 0 Å². The first-order valence-electron chi connectivity index (χ1n) is 7.22. The Kier molecular flexibility index (Phi) is 5.62. The van der Waals surface area contributed by atoms with E-state index >= 15 is 0 Å². The van der Waals surface area contributed by atoms with E-state index in [4.69, 9.17) is 5.11 Å². The first kappa shape index (κ1) is 14.6. The third-order valence-corrected chi connectivity index (χ3v) is 3.42. The summed E-state index contributed by atoms with van der Waals surface area (Å²) in [6.07, 6.45) is 5.22. The molecule has 1 amide bonds. The average molecular weight is 274 g/mol. The molecule has 0 saturated carbocycles. The number of carbonyl (C=O) groups excluding carboxylic acids is 1. The first-order chi connectivity index (χ1) is 9.81. The molecule has 108 valence electrons. The number of unbranched alkanes of at least 4 members (excludes halogenated alkanes) is 2. The summed E-state index contributed by atoms with van der Waals surface area (Å²) in [4.78, 5) is 11.7. The highest BCUT2D eigenvalue weighted by molar-refractivity contribution is 5.80. The van der Waals surface area contributed by atoms with Crippen LogP contribution in [-0.4, -0.2) is 28.7 Å². The molecule has 4 nitrogen and oxygen atoms in total. The minimum atomic E-state index is 0.0896. The summed E-state index contributed by atoms with van der Waals surface area (Å²) in [6, 6.07) is 10.3. The number of nitrogens with zero attached hydrogens (tertiary/aromatic N) is 1. The fourth-order valence-electron chi connectivity index (χ4n) is 2.29. The van der Waals surface area contributed by atoms with E-state index < -0.39 is 0 Å². The molecule has 4 heteroatoms. The largest absolute Gasteiger partial charge is 0.396 e. The van der Waals surface area contributed by atoms with Crippen LogP contribution in [0.15, 0.2) is 36.5 Å². The first-order valence-corrected chi connectivity index (χ1v) is 7.22. The number of carbonyl (C=O) groups is 1. The second-order valence-electron chi connectivity index (χ2n) is 4.95. The smallest absolute Gasteiger partial charge is 0.221 e. The Morgan fingerprint density at radius 2 is 2.00 bits per heavy atom. The third-order valence-electron chi connectivity index (χ3n) is 3.42. The van der Waals surface area contributed by atoms with Gasteiger partial charge in [-0.25, -0.2) is 0 Å². The van der Waals surface area contributed by atoms with Crippen LogP contribution in [0.3, 0.4) is 0 Å². The van der Waals surface area contributed by atoms with Gasteiger partial charge in [0.25, 0.3) is 0 Å². The van der Waals surface area contributed by atoms with E-state index in [1.807, 2.05) is 18.3 Å². The van der Waals surface area contributed by atoms with Crippen LogP contribution in [0.2, 0.25) is 0 Å². The maximum absolute atomic E-state index is 11.7. The van der Waals surface area contributed by atoms with E-state index in [-0.39, 0.29) is 12.5 Å². The van der Waals surface area contributed by atoms with Gasteiger partial charge < -0.3 is 15.0 Å². The topological polar surface area (TPSA) is 54.3 Å². The minimum absolute atomic E-state index is 0.0896. The van der Waals surface area contributed by atoms with Gasteiger partial charge in [0.1, 0.15) is 0 Å². The van der Waals surface area contributed by atoms with E-state index in [9.17, 15) is 4.79 Å². The Balaban J connectivity index is 1.73. The number of aromatic nitrogens is 1. The number of para-hydroxylation sites is 1. The van der Waals surface area contributed by atoms with Crippen LogP contribution in [0.25, 0.3) is 10.9 Å². The van der Waals surface area contributed by atoms with Gasteiger partial charge in [-0.15, -0.1) is 0 Å². The summed E-state index contributed by atoms with van der Waals surface area (Å²) in [5.41, 5.74) is 1.17. The van der Waals surface area contributed by atoms with Crippen LogP contribution in [0.1, 0.15) is 25.7 Å². The molecular formula is C16H22N2O2. The Labute approximate surface area is 119 Å². The molecular weight excluding hydrogens is 252 g/mol. The predicted octanol–water partition coefficient (Wildman–Crippen LogP) is 2.31. The van der Waals surface area contributed by atoms with Crippen LogP contribution in [0.4, 0.5) is 0 Å². The van der Waals surface area contributed by atoms with Gasteiger partial charge in [-0.05, 0) is 36.8 Å². The van der Waals surface area contributed by atoms with Gasteiger partial charge in [-0.1, -0.05) is 18.2 Å². The fourth-order valence-corrected chi connectivity index (χ4v) is 2.29. The number of aliphatic hydroxyl groups is 1. The monoisotopic (exact) mass is 274 g/mol. The van der Waals surface area contributed by atoms with Gasteiger partial charge in [0.15, 0.2) is 0 Å². The lowest BCUT2D eigenvalue weighted by Crippen LogP contribution is -2.25. The molecule has 1 aromatic heterocycles. The lowest BCUT2D eigenvalue weighted by molar-refractivity contribution is -0.121. The van der Waals surface area contributed by atoms with Crippen molar-refractivity contribution >= 4 is 16.8 Å². The Morgan fingerprint density at radius 1 is 1.15 bits per heavy atom. The number of hydrogen-bond acceptors (Lipinski definition) is 2. The summed E-state index contributed by atoms with van der Waals surface area (Å²) >= 11 is 0. The number of fused-ring (bicyclic) bond motifs is 1. The van der Waals surface area contributed by atoms with Crippen molar-refractivity contribution in [1.82, 2.24) is 9.88 Å². The Morgan fingerprint density at radius 3 is 2.85 bits per heavy atom. The maximum Gasteiger partial charge on any atom is 0.221 e. The van der Waals surface area contributed by atoms with Crippen LogP contribution in [0.5, 0.6) is 0 Å². The van der Waals surface area contributed by atoms with Crippen molar-refractivity contribution in [3.8, 4) is 0 Å². The zero-order chi connectivity index (χ0) is 14.2. The molecule has 0 saturated heterocycles. The number of hydrogen-bond donors (Lipinski definition) is 2. The standard InChI is InChI=1S/C16H22N2O2/c19-13-5-1-4-10-17-16(20)9-12-18-11-8-14-6-2-3-7-15(14)18/h2-3,6-8,11,19H,1,4-5,9-10,12-13H2,(H,17,20). The molecule has 0 aliphatic rings. The Hall–Kier alpha value is -1.81. The summed E-state index contributed by atoms with van der Waals surface area (Å²) in [7, 11) is 0. The summed E-state index contributed by atoms with van der Waals surface area (Å²) in [6.45, 7) is 1.63. The molecule has 2 N–H and O–H groups in total. The van der Waals surface area contributed by atoms with Crippen molar-refractivity contribution in [2.45, 2.75) is 32.2 Å². The normalized spacial score (nSPS) is 10.8.